The van der Waals surface area contributed by atoms with Gasteiger partial charge in [0.1, 0.15) is 0 Å². The van der Waals surface area contributed by atoms with E-state index in [9.17, 15) is 26.4 Å². The van der Waals surface area contributed by atoms with Gasteiger partial charge in [0.15, 0.2) is 5.75 Å². The fourth-order valence-corrected chi connectivity index (χ4v) is 3.06. The highest BCUT2D eigenvalue weighted by Crippen LogP contribution is 2.22. The maximum Gasteiger partial charge on any atom is 0.404 e. The number of amides is 1. The predicted molar refractivity (Wildman–Crippen MR) is 70.2 cm³/mol. The van der Waals surface area contributed by atoms with Crippen LogP contribution in [0.4, 0.5) is 13.2 Å². The van der Waals surface area contributed by atoms with Crippen LogP contribution in [0.25, 0.3) is 0 Å². The van der Waals surface area contributed by atoms with Crippen molar-refractivity contribution in [1.82, 2.24) is 9.79 Å². The molecule has 0 radical (unpaired) electrons. The summed E-state index contributed by atoms with van der Waals surface area (Å²) in [6.07, 6.45) is -4.85. The lowest BCUT2D eigenvalue weighted by Gasteiger charge is -2.16. The van der Waals surface area contributed by atoms with Crippen LogP contribution in [0.1, 0.15) is 10.4 Å². The van der Waals surface area contributed by atoms with Gasteiger partial charge >= 0.3 is 6.18 Å². The number of nitrogens with one attached hydrogen (secondary N) is 1. The summed E-state index contributed by atoms with van der Waals surface area (Å²) >= 11 is 0. The highest BCUT2D eigenvalue weighted by Gasteiger charge is 2.42. The Morgan fingerprint density at radius 3 is 2.55 bits per heavy atom. The summed E-state index contributed by atoms with van der Waals surface area (Å²) in [6.45, 7) is -0.577. The minimum atomic E-state index is -4.85. The Labute approximate surface area is 124 Å². The molecule has 0 aromatic heterocycles. The Hall–Kier alpha value is -1.65. The molecule has 1 saturated heterocycles. The summed E-state index contributed by atoms with van der Waals surface area (Å²) in [6, 6.07) is 7.43. The summed E-state index contributed by atoms with van der Waals surface area (Å²) in [5.74, 6) is -2.46. The van der Waals surface area contributed by atoms with Gasteiger partial charge in [-0.05, 0) is 12.1 Å². The Kier molecular flexibility index (Phi) is 4.73. The number of hydrogen-bond acceptors (Lipinski definition) is 4. The quantitative estimate of drug-likeness (QED) is 0.886. The lowest BCUT2D eigenvalue weighted by molar-refractivity contribution is -0.110. The summed E-state index contributed by atoms with van der Waals surface area (Å²) in [5.41, 5.74) is 0.360. The third-order valence-electron chi connectivity index (χ3n) is 2.82. The van der Waals surface area contributed by atoms with Crippen LogP contribution in [0.5, 0.6) is 0 Å². The Balaban J connectivity index is 1.94. The van der Waals surface area contributed by atoms with E-state index in [-0.39, 0.29) is 17.6 Å². The summed E-state index contributed by atoms with van der Waals surface area (Å²) in [7, 11) is -4.62. The molecule has 122 valence electrons. The van der Waals surface area contributed by atoms with Crippen molar-refractivity contribution in [1.29, 1.82) is 0 Å². The first kappa shape index (κ1) is 16.7. The number of sulfonamides is 1. The van der Waals surface area contributed by atoms with Crippen molar-refractivity contribution in [2.45, 2.75) is 12.2 Å². The molecule has 0 spiro atoms. The van der Waals surface area contributed by atoms with E-state index in [1.165, 1.54) is 0 Å². The molecule has 0 unspecified atom stereocenters. The maximum atomic E-state index is 12.2. The minimum Gasteiger partial charge on any atom is -0.345 e. The number of carbonyl (C=O) groups is 1. The van der Waals surface area contributed by atoms with E-state index in [2.05, 4.69) is 5.32 Å². The fourth-order valence-electron chi connectivity index (χ4n) is 1.88. The first-order valence-corrected chi connectivity index (χ1v) is 7.84. The molecule has 1 aliphatic rings. The second-order valence-corrected chi connectivity index (χ2v) is 6.55. The lowest BCUT2D eigenvalue weighted by Crippen LogP contribution is -2.41. The lowest BCUT2D eigenvalue weighted by atomic mass is 10.2. The molecule has 1 aromatic carbocycles. The number of hydroxylamine groups is 1. The van der Waals surface area contributed by atoms with Gasteiger partial charge in [-0.1, -0.05) is 22.7 Å². The van der Waals surface area contributed by atoms with Gasteiger partial charge in [0.25, 0.3) is 5.91 Å². The smallest absolute Gasteiger partial charge is 0.345 e. The molecule has 6 nitrogen and oxygen atoms in total. The van der Waals surface area contributed by atoms with Crippen LogP contribution < -0.4 is 5.32 Å². The molecule has 1 atom stereocenters. The van der Waals surface area contributed by atoms with Gasteiger partial charge in [-0.25, -0.2) is 8.42 Å². The molecule has 1 aliphatic heterocycles. The van der Waals surface area contributed by atoms with Crippen molar-refractivity contribution in [2.24, 2.45) is 0 Å². The van der Waals surface area contributed by atoms with Crippen molar-refractivity contribution < 1.29 is 31.2 Å². The molecule has 1 fully saturated rings. The van der Waals surface area contributed by atoms with E-state index in [4.69, 9.17) is 4.84 Å². The topological polar surface area (TPSA) is 75.7 Å². The van der Waals surface area contributed by atoms with Crippen LogP contribution in [-0.4, -0.2) is 49.9 Å². The molecule has 2 rings (SSSR count). The molecule has 22 heavy (non-hydrogen) atoms. The van der Waals surface area contributed by atoms with Gasteiger partial charge < -0.3 is 5.32 Å². The Morgan fingerprint density at radius 2 is 1.95 bits per heavy atom. The van der Waals surface area contributed by atoms with Crippen LogP contribution in [0.15, 0.2) is 30.3 Å². The van der Waals surface area contributed by atoms with Crippen molar-refractivity contribution in [3.63, 3.8) is 0 Å². The molecule has 0 bridgehead atoms. The summed E-state index contributed by atoms with van der Waals surface area (Å²) in [4.78, 5) is 16.6. The Morgan fingerprint density at radius 1 is 1.32 bits per heavy atom. The molecule has 1 heterocycles. The largest absolute Gasteiger partial charge is 0.404 e. The third kappa shape index (κ3) is 4.42. The fraction of sp³-hybridized carbons (Fsp3) is 0.417. The molecule has 1 aromatic rings. The van der Waals surface area contributed by atoms with Crippen LogP contribution in [0.3, 0.4) is 0 Å². The number of nitrogens with zero attached hydrogens (tertiary/aromatic N) is 1. The van der Waals surface area contributed by atoms with Crippen molar-refractivity contribution >= 4 is 15.9 Å². The average molecular weight is 338 g/mol. The molecular weight excluding hydrogens is 325 g/mol. The van der Waals surface area contributed by atoms with Crippen molar-refractivity contribution in [3.05, 3.63) is 35.9 Å². The van der Waals surface area contributed by atoms with E-state index in [0.29, 0.717) is 5.56 Å². The van der Waals surface area contributed by atoms with Crippen LogP contribution in [0, 0.1) is 0 Å². The maximum absolute atomic E-state index is 12.2. The van der Waals surface area contributed by atoms with E-state index in [1.54, 1.807) is 30.3 Å². The second-order valence-electron chi connectivity index (χ2n) is 4.69. The first-order chi connectivity index (χ1) is 10.2. The van der Waals surface area contributed by atoms with Crippen molar-refractivity contribution in [3.8, 4) is 0 Å². The molecule has 0 saturated carbocycles. The number of rotatable bonds is 4. The molecule has 1 N–H and O–H groups in total. The highest BCUT2D eigenvalue weighted by molar-refractivity contribution is 7.89. The van der Waals surface area contributed by atoms with Gasteiger partial charge in [-0.2, -0.15) is 13.2 Å². The van der Waals surface area contributed by atoms with Gasteiger partial charge in [0.05, 0.1) is 19.2 Å². The molecular formula is C12H13F3N2O4S. The normalized spacial score (nSPS) is 20.0. The number of hydrogen-bond donors (Lipinski definition) is 1. The number of carbonyl (C=O) groups excluding carboxylic acids is 1. The SMILES string of the molecule is O=C(N[C@@H]1CON(S(=O)(=O)CC(F)(F)F)C1)c1ccccc1. The summed E-state index contributed by atoms with van der Waals surface area (Å²) < 4.78 is 59.9. The van der Waals surface area contributed by atoms with E-state index in [1.807, 2.05) is 0 Å². The standard InChI is InChI=1S/C12H13F3N2O4S/c13-12(14,15)8-22(19,20)17-6-10(7-21-17)16-11(18)9-4-2-1-3-5-9/h1-5,10H,6-8H2,(H,16,18)/t10-/m0/s1. The number of alkyl halides is 3. The van der Waals surface area contributed by atoms with E-state index in [0.717, 1.165) is 0 Å². The zero-order valence-corrected chi connectivity index (χ0v) is 12.0. The van der Waals surface area contributed by atoms with Gasteiger partial charge in [0.2, 0.25) is 10.0 Å². The average Bonchev–Trinajstić information content (AvgIpc) is 2.86. The molecule has 10 heteroatoms. The monoisotopic (exact) mass is 338 g/mol. The van der Waals surface area contributed by atoms with Crippen LogP contribution >= 0.6 is 0 Å². The van der Waals surface area contributed by atoms with Gasteiger partial charge in [-0.15, -0.1) is 0 Å². The second kappa shape index (κ2) is 6.23. The van der Waals surface area contributed by atoms with Gasteiger partial charge in [-0.3, -0.25) is 9.63 Å². The van der Waals surface area contributed by atoms with Crippen LogP contribution in [0.2, 0.25) is 0 Å². The Bertz CT molecular complexity index is 634. The highest BCUT2D eigenvalue weighted by atomic mass is 32.2. The van der Waals surface area contributed by atoms with E-state index >= 15 is 0 Å². The summed E-state index contributed by atoms with van der Waals surface area (Å²) in [5, 5.41) is 2.51. The first-order valence-electron chi connectivity index (χ1n) is 6.23. The third-order valence-corrected chi connectivity index (χ3v) is 4.38. The number of halogens is 3. The zero-order valence-electron chi connectivity index (χ0n) is 11.2. The van der Waals surface area contributed by atoms with Gasteiger partial charge in [0, 0.05) is 5.56 Å². The minimum absolute atomic E-state index is 0.213. The van der Waals surface area contributed by atoms with Crippen LogP contribution in [-0.2, 0) is 14.9 Å². The van der Waals surface area contributed by atoms with E-state index < -0.39 is 33.9 Å². The zero-order chi connectivity index (χ0) is 16.4. The van der Waals surface area contributed by atoms with Crippen molar-refractivity contribution in [2.75, 3.05) is 18.9 Å². The molecule has 1 amide bonds. The predicted octanol–water partition coefficient (Wildman–Crippen LogP) is 0.924. The number of benzene rings is 1. The molecule has 0 aliphatic carbocycles.